The van der Waals surface area contributed by atoms with E-state index in [4.69, 9.17) is 4.74 Å². The molecule has 3 aromatic carbocycles. The minimum absolute atomic E-state index is 0.0294. The molecule has 0 saturated carbocycles. The number of nitrogens with zero attached hydrogens (tertiary/aromatic N) is 2. The maximum absolute atomic E-state index is 13.9. The average molecular weight is 552 g/mol. The molecule has 0 aliphatic rings. The third kappa shape index (κ3) is 7.60. The molecule has 3 aromatic rings. The summed E-state index contributed by atoms with van der Waals surface area (Å²) in [6.45, 7) is 8.02. The Kier molecular flexibility index (Phi) is 10.5. The first-order chi connectivity index (χ1) is 18.7. The van der Waals surface area contributed by atoms with Gasteiger partial charge in [0.25, 0.3) is 10.0 Å². The first-order valence-corrected chi connectivity index (χ1v) is 14.5. The Morgan fingerprint density at radius 2 is 1.56 bits per heavy atom. The second-order valence-corrected chi connectivity index (χ2v) is 11.0. The molecule has 9 heteroatoms. The number of hydrogen-bond donors (Lipinski definition) is 1. The molecular formula is C30H37N3O5S. The molecule has 3 rings (SSSR count). The molecule has 0 fully saturated rings. The number of sulfonamides is 1. The van der Waals surface area contributed by atoms with Crippen molar-refractivity contribution in [1.29, 1.82) is 0 Å². The second-order valence-electron chi connectivity index (χ2n) is 9.17. The highest BCUT2D eigenvalue weighted by Gasteiger charge is 2.32. The van der Waals surface area contributed by atoms with Gasteiger partial charge in [0.05, 0.1) is 17.2 Å². The van der Waals surface area contributed by atoms with Crippen molar-refractivity contribution in [3.8, 4) is 5.75 Å². The summed E-state index contributed by atoms with van der Waals surface area (Å²) in [4.78, 5) is 28.3. The van der Waals surface area contributed by atoms with Gasteiger partial charge in [-0.2, -0.15) is 0 Å². The van der Waals surface area contributed by atoms with E-state index in [0.717, 1.165) is 21.9 Å². The molecule has 0 aromatic heterocycles. The zero-order chi connectivity index (χ0) is 28.4. The van der Waals surface area contributed by atoms with E-state index in [1.54, 1.807) is 49.4 Å². The van der Waals surface area contributed by atoms with Crippen LogP contribution in [0.3, 0.4) is 0 Å². The van der Waals surface area contributed by atoms with Crippen molar-refractivity contribution in [2.75, 3.05) is 24.0 Å². The van der Waals surface area contributed by atoms with Crippen LogP contribution in [0, 0.1) is 6.92 Å². The SMILES string of the molecule is CCCNC(=O)[C@H](C)N(Cc1ccccc1C)C(=O)CN(c1ccccc1)S(=O)(=O)c1ccc(OCC)cc1. The summed E-state index contributed by atoms with van der Waals surface area (Å²) in [6.07, 6.45) is 0.756. The van der Waals surface area contributed by atoms with E-state index >= 15 is 0 Å². The van der Waals surface area contributed by atoms with E-state index in [1.165, 1.54) is 17.0 Å². The van der Waals surface area contributed by atoms with E-state index in [1.807, 2.05) is 45.0 Å². The summed E-state index contributed by atoms with van der Waals surface area (Å²) in [5.41, 5.74) is 2.19. The number of anilines is 1. The van der Waals surface area contributed by atoms with Crippen molar-refractivity contribution in [1.82, 2.24) is 10.2 Å². The van der Waals surface area contributed by atoms with Crippen LogP contribution in [0.2, 0.25) is 0 Å². The van der Waals surface area contributed by atoms with Crippen molar-refractivity contribution in [2.24, 2.45) is 0 Å². The van der Waals surface area contributed by atoms with Crippen LogP contribution >= 0.6 is 0 Å². The standard InChI is InChI=1S/C30H37N3O5S/c1-5-20-31-30(35)24(4)32(21-25-13-11-10-12-23(25)3)29(34)22-33(26-14-8-7-9-15-26)39(36,37)28-18-16-27(17-19-28)38-6-2/h7-19,24H,5-6,20-22H2,1-4H3,(H,31,35)/t24-/m0/s1. The molecule has 0 unspecified atom stereocenters. The lowest BCUT2D eigenvalue weighted by Crippen LogP contribution is -2.51. The van der Waals surface area contributed by atoms with Gasteiger partial charge in [-0.3, -0.25) is 13.9 Å². The van der Waals surface area contributed by atoms with Crippen LogP contribution < -0.4 is 14.4 Å². The zero-order valence-corrected chi connectivity index (χ0v) is 23.8. The lowest BCUT2D eigenvalue weighted by Gasteiger charge is -2.32. The highest BCUT2D eigenvalue weighted by atomic mass is 32.2. The minimum Gasteiger partial charge on any atom is -0.494 e. The van der Waals surface area contributed by atoms with Gasteiger partial charge >= 0.3 is 0 Å². The predicted molar refractivity (Wildman–Crippen MR) is 153 cm³/mol. The molecule has 0 aliphatic heterocycles. The van der Waals surface area contributed by atoms with E-state index < -0.39 is 28.5 Å². The second kappa shape index (κ2) is 13.8. The fourth-order valence-electron chi connectivity index (χ4n) is 4.07. The molecule has 208 valence electrons. The van der Waals surface area contributed by atoms with Crippen LogP contribution in [-0.2, 0) is 26.2 Å². The quantitative estimate of drug-likeness (QED) is 0.337. The van der Waals surface area contributed by atoms with Gasteiger partial charge in [0.2, 0.25) is 11.8 Å². The Bertz CT molecular complexity index is 1340. The van der Waals surface area contributed by atoms with E-state index in [9.17, 15) is 18.0 Å². The van der Waals surface area contributed by atoms with Gasteiger partial charge in [-0.05, 0) is 74.7 Å². The van der Waals surface area contributed by atoms with Crippen molar-refractivity contribution < 1.29 is 22.7 Å². The average Bonchev–Trinajstić information content (AvgIpc) is 2.94. The normalized spacial score (nSPS) is 11.9. The van der Waals surface area contributed by atoms with Gasteiger partial charge in [0, 0.05) is 13.1 Å². The highest BCUT2D eigenvalue weighted by Crippen LogP contribution is 2.26. The van der Waals surface area contributed by atoms with E-state index in [2.05, 4.69) is 5.32 Å². The van der Waals surface area contributed by atoms with Crippen LogP contribution in [0.1, 0.15) is 38.3 Å². The summed E-state index contributed by atoms with van der Waals surface area (Å²) in [5.74, 6) is -0.231. The number of rotatable bonds is 13. The Hall–Kier alpha value is -3.85. The smallest absolute Gasteiger partial charge is 0.264 e. The molecule has 1 atom stereocenters. The zero-order valence-electron chi connectivity index (χ0n) is 23.0. The first-order valence-electron chi connectivity index (χ1n) is 13.1. The number of ether oxygens (including phenoxy) is 1. The van der Waals surface area contributed by atoms with Gasteiger partial charge in [0.1, 0.15) is 18.3 Å². The van der Waals surface area contributed by atoms with Gasteiger partial charge < -0.3 is 15.0 Å². The van der Waals surface area contributed by atoms with Crippen LogP contribution in [0.4, 0.5) is 5.69 Å². The lowest BCUT2D eigenvalue weighted by molar-refractivity contribution is -0.139. The van der Waals surface area contributed by atoms with Gasteiger partial charge in [-0.15, -0.1) is 0 Å². The van der Waals surface area contributed by atoms with Crippen molar-refractivity contribution in [3.05, 3.63) is 90.0 Å². The molecule has 0 spiro atoms. The number of aryl methyl sites for hydroxylation is 1. The summed E-state index contributed by atoms with van der Waals surface area (Å²) in [5, 5.41) is 2.85. The van der Waals surface area contributed by atoms with Crippen LogP contribution in [0.5, 0.6) is 5.75 Å². The lowest BCUT2D eigenvalue weighted by atomic mass is 10.1. The Morgan fingerprint density at radius 3 is 2.18 bits per heavy atom. The third-order valence-corrected chi connectivity index (χ3v) is 8.15. The summed E-state index contributed by atoms with van der Waals surface area (Å²) < 4.78 is 34.2. The van der Waals surface area contributed by atoms with E-state index in [-0.39, 0.29) is 17.3 Å². The molecular weight excluding hydrogens is 514 g/mol. The molecule has 1 N–H and O–H groups in total. The topological polar surface area (TPSA) is 96.0 Å². The highest BCUT2D eigenvalue weighted by molar-refractivity contribution is 7.92. The van der Waals surface area contributed by atoms with Gasteiger partial charge in [-0.25, -0.2) is 8.42 Å². The van der Waals surface area contributed by atoms with Gasteiger partial charge in [0.15, 0.2) is 0 Å². The number of nitrogens with one attached hydrogen (secondary N) is 1. The van der Waals surface area contributed by atoms with Gasteiger partial charge in [-0.1, -0.05) is 49.4 Å². The fraction of sp³-hybridized carbons (Fsp3) is 0.333. The molecule has 8 nitrogen and oxygen atoms in total. The number of hydrogen-bond acceptors (Lipinski definition) is 5. The molecule has 0 bridgehead atoms. The monoisotopic (exact) mass is 551 g/mol. The number of carbonyl (C=O) groups is 2. The van der Waals surface area contributed by atoms with Crippen molar-refractivity contribution >= 4 is 27.5 Å². The number of para-hydroxylation sites is 1. The maximum atomic E-state index is 13.9. The van der Waals surface area contributed by atoms with Crippen LogP contribution in [0.25, 0.3) is 0 Å². The Balaban J connectivity index is 1.99. The number of benzene rings is 3. The van der Waals surface area contributed by atoms with Crippen molar-refractivity contribution in [3.63, 3.8) is 0 Å². The molecule has 0 radical (unpaired) electrons. The number of carbonyl (C=O) groups excluding carboxylic acids is 2. The molecule has 39 heavy (non-hydrogen) atoms. The Morgan fingerprint density at radius 1 is 0.923 bits per heavy atom. The molecule has 0 heterocycles. The predicted octanol–water partition coefficient (Wildman–Crippen LogP) is 4.53. The third-order valence-electron chi connectivity index (χ3n) is 6.36. The van der Waals surface area contributed by atoms with Crippen LogP contribution in [0.15, 0.2) is 83.8 Å². The summed E-state index contributed by atoms with van der Waals surface area (Å²) >= 11 is 0. The molecule has 0 saturated heterocycles. The van der Waals surface area contributed by atoms with Crippen LogP contribution in [-0.4, -0.2) is 50.9 Å². The summed E-state index contributed by atoms with van der Waals surface area (Å²) in [6, 6.07) is 21.4. The van der Waals surface area contributed by atoms with E-state index in [0.29, 0.717) is 24.6 Å². The van der Waals surface area contributed by atoms with Crippen molar-refractivity contribution in [2.45, 2.75) is 51.6 Å². The fourth-order valence-corrected chi connectivity index (χ4v) is 5.49. The minimum atomic E-state index is -4.13. The number of amides is 2. The molecule has 2 amide bonds. The first kappa shape index (κ1) is 29.7. The summed E-state index contributed by atoms with van der Waals surface area (Å²) in [7, 11) is -4.13. The largest absolute Gasteiger partial charge is 0.494 e. The molecule has 0 aliphatic carbocycles. The Labute approximate surface area is 231 Å². The maximum Gasteiger partial charge on any atom is 0.264 e.